The highest BCUT2D eigenvalue weighted by atomic mass is 16.3. The van der Waals surface area contributed by atoms with Crippen molar-refractivity contribution in [3.63, 3.8) is 0 Å². The van der Waals surface area contributed by atoms with Crippen molar-refractivity contribution in [1.29, 1.82) is 0 Å². The second-order valence-corrected chi connectivity index (χ2v) is 4.64. The van der Waals surface area contributed by atoms with Gasteiger partial charge in [0, 0.05) is 18.6 Å². The van der Waals surface area contributed by atoms with Crippen LogP contribution in [0.25, 0.3) is 0 Å². The molecular weight excluding hydrogens is 192 g/mol. The first-order valence-electron chi connectivity index (χ1n) is 5.71. The van der Waals surface area contributed by atoms with Crippen LogP contribution in [0.2, 0.25) is 0 Å². The third kappa shape index (κ3) is 4.62. The SMILES string of the molecule is CC(O)CN(C(=O)CNC1CC1)C(C)C. The molecule has 0 bridgehead atoms. The van der Waals surface area contributed by atoms with Gasteiger partial charge in [0.05, 0.1) is 12.6 Å². The number of aliphatic hydroxyl groups is 1. The van der Waals surface area contributed by atoms with Crippen LogP contribution in [0.4, 0.5) is 0 Å². The smallest absolute Gasteiger partial charge is 0.236 e. The van der Waals surface area contributed by atoms with Crippen LogP contribution in [0.15, 0.2) is 0 Å². The molecule has 0 aromatic heterocycles. The highest BCUT2D eigenvalue weighted by Gasteiger charge is 2.24. The number of nitrogens with zero attached hydrogens (tertiary/aromatic N) is 1. The summed E-state index contributed by atoms with van der Waals surface area (Å²) in [4.78, 5) is 13.5. The summed E-state index contributed by atoms with van der Waals surface area (Å²) in [6, 6.07) is 0.697. The minimum atomic E-state index is -0.461. The molecule has 1 fully saturated rings. The van der Waals surface area contributed by atoms with E-state index in [0.29, 0.717) is 19.1 Å². The quantitative estimate of drug-likeness (QED) is 0.671. The molecule has 1 saturated carbocycles. The summed E-state index contributed by atoms with van der Waals surface area (Å²) >= 11 is 0. The molecule has 1 aliphatic rings. The van der Waals surface area contributed by atoms with Gasteiger partial charge in [0.1, 0.15) is 0 Å². The topological polar surface area (TPSA) is 52.6 Å². The van der Waals surface area contributed by atoms with Crippen LogP contribution >= 0.6 is 0 Å². The van der Waals surface area contributed by atoms with Crippen LogP contribution in [-0.4, -0.2) is 47.2 Å². The van der Waals surface area contributed by atoms with Gasteiger partial charge in [-0.15, -0.1) is 0 Å². The normalized spacial score (nSPS) is 17.9. The van der Waals surface area contributed by atoms with Crippen LogP contribution in [0, 0.1) is 0 Å². The number of aliphatic hydroxyl groups excluding tert-OH is 1. The van der Waals surface area contributed by atoms with E-state index in [1.54, 1.807) is 11.8 Å². The lowest BCUT2D eigenvalue weighted by atomic mass is 10.2. The van der Waals surface area contributed by atoms with E-state index >= 15 is 0 Å². The van der Waals surface area contributed by atoms with Gasteiger partial charge in [-0.25, -0.2) is 0 Å². The molecule has 0 aromatic rings. The molecule has 0 aromatic carbocycles. The van der Waals surface area contributed by atoms with Gasteiger partial charge in [-0.3, -0.25) is 4.79 Å². The maximum Gasteiger partial charge on any atom is 0.236 e. The fraction of sp³-hybridized carbons (Fsp3) is 0.909. The summed E-state index contributed by atoms with van der Waals surface area (Å²) < 4.78 is 0. The van der Waals surface area contributed by atoms with E-state index in [4.69, 9.17) is 0 Å². The molecule has 1 amide bonds. The number of hydrogen-bond donors (Lipinski definition) is 2. The molecule has 4 heteroatoms. The lowest BCUT2D eigenvalue weighted by Crippen LogP contribution is -2.45. The molecule has 0 spiro atoms. The molecule has 1 aliphatic carbocycles. The lowest BCUT2D eigenvalue weighted by molar-refractivity contribution is -0.133. The molecule has 0 aliphatic heterocycles. The minimum absolute atomic E-state index is 0.0813. The van der Waals surface area contributed by atoms with Crippen LogP contribution in [0.1, 0.15) is 33.6 Å². The molecular formula is C11H22N2O2. The summed E-state index contributed by atoms with van der Waals surface area (Å²) in [5.41, 5.74) is 0. The average molecular weight is 214 g/mol. The van der Waals surface area contributed by atoms with Crippen molar-refractivity contribution in [2.45, 2.75) is 51.8 Å². The predicted octanol–water partition coefficient (Wildman–Crippen LogP) is 0.356. The van der Waals surface area contributed by atoms with Crippen molar-refractivity contribution in [3.8, 4) is 0 Å². The zero-order valence-electron chi connectivity index (χ0n) is 9.86. The Hall–Kier alpha value is -0.610. The number of nitrogens with one attached hydrogen (secondary N) is 1. The summed E-state index contributed by atoms with van der Waals surface area (Å²) in [6.45, 7) is 6.46. The maximum atomic E-state index is 11.8. The summed E-state index contributed by atoms with van der Waals surface area (Å²) in [5.74, 6) is 0.0813. The Labute approximate surface area is 91.6 Å². The van der Waals surface area contributed by atoms with Gasteiger partial charge in [0.2, 0.25) is 5.91 Å². The Kier molecular flexibility index (Phi) is 4.54. The molecule has 4 nitrogen and oxygen atoms in total. The van der Waals surface area contributed by atoms with Crippen LogP contribution in [0.3, 0.4) is 0 Å². The second kappa shape index (κ2) is 5.47. The van der Waals surface area contributed by atoms with Gasteiger partial charge in [0.25, 0.3) is 0 Å². The van der Waals surface area contributed by atoms with E-state index < -0.39 is 6.10 Å². The van der Waals surface area contributed by atoms with Crippen LogP contribution in [0.5, 0.6) is 0 Å². The fourth-order valence-electron chi connectivity index (χ4n) is 1.51. The average Bonchev–Trinajstić information content (AvgIpc) is 2.93. The van der Waals surface area contributed by atoms with Crippen molar-refractivity contribution in [2.24, 2.45) is 0 Å². The minimum Gasteiger partial charge on any atom is -0.392 e. The van der Waals surface area contributed by atoms with Gasteiger partial charge in [0.15, 0.2) is 0 Å². The Morgan fingerprint density at radius 2 is 2.07 bits per heavy atom. The first-order chi connectivity index (χ1) is 7.00. The number of carbonyl (C=O) groups excluding carboxylic acids is 1. The Morgan fingerprint density at radius 3 is 2.47 bits per heavy atom. The first kappa shape index (κ1) is 12.5. The largest absolute Gasteiger partial charge is 0.392 e. The Bertz CT molecular complexity index is 213. The van der Waals surface area contributed by atoms with Crippen molar-refractivity contribution in [3.05, 3.63) is 0 Å². The summed E-state index contributed by atoms with van der Waals surface area (Å²) in [6.07, 6.45) is 1.91. The molecule has 88 valence electrons. The standard InChI is InChI=1S/C11H22N2O2/c1-8(2)13(7-9(3)14)11(15)6-12-10-4-5-10/h8-10,12,14H,4-7H2,1-3H3. The van der Waals surface area contributed by atoms with Crippen molar-refractivity contribution in [1.82, 2.24) is 10.2 Å². The van der Waals surface area contributed by atoms with Crippen molar-refractivity contribution < 1.29 is 9.90 Å². The van der Waals surface area contributed by atoms with E-state index in [2.05, 4.69) is 5.32 Å². The molecule has 2 N–H and O–H groups in total. The number of rotatable bonds is 6. The molecule has 1 atom stereocenters. The number of carbonyl (C=O) groups is 1. The Morgan fingerprint density at radius 1 is 1.47 bits per heavy atom. The molecule has 0 saturated heterocycles. The fourth-order valence-corrected chi connectivity index (χ4v) is 1.51. The summed E-state index contributed by atoms with van der Waals surface area (Å²) in [7, 11) is 0. The lowest BCUT2D eigenvalue weighted by Gasteiger charge is -2.28. The molecule has 0 heterocycles. The predicted molar refractivity (Wildman–Crippen MR) is 59.6 cm³/mol. The number of amides is 1. The van der Waals surface area contributed by atoms with Gasteiger partial charge in [-0.1, -0.05) is 0 Å². The van der Waals surface area contributed by atoms with Gasteiger partial charge in [-0.05, 0) is 33.6 Å². The van der Waals surface area contributed by atoms with Gasteiger partial charge < -0.3 is 15.3 Å². The molecule has 1 rings (SSSR count). The van der Waals surface area contributed by atoms with Gasteiger partial charge >= 0.3 is 0 Å². The zero-order valence-corrected chi connectivity index (χ0v) is 9.86. The van der Waals surface area contributed by atoms with E-state index in [1.165, 1.54) is 12.8 Å². The highest BCUT2D eigenvalue weighted by Crippen LogP contribution is 2.18. The highest BCUT2D eigenvalue weighted by molar-refractivity contribution is 5.78. The van der Waals surface area contributed by atoms with Crippen LogP contribution < -0.4 is 5.32 Å². The Balaban J connectivity index is 2.34. The van der Waals surface area contributed by atoms with Gasteiger partial charge in [-0.2, -0.15) is 0 Å². The monoisotopic (exact) mass is 214 g/mol. The first-order valence-corrected chi connectivity index (χ1v) is 5.71. The van der Waals surface area contributed by atoms with Crippen molar-refractivity contribution >= 4 is 5.91 Å². The molecule has 1 unspecified atom stereocenters. The number of hydrogen-bond acceptors (Lipinski definition) is 3. The third-order valence-electron chi connectivity index (χ3n) is 2.52. The van der Waals surface area contributed by atoms with E-state index in [0.717, 1.165) is 0 Å². The van der Waals surface area contributed by atoms with E-state index in [1.807, 2.05) is 13.8 Å². The molecule has 0 radical (unpaired) electrons. The van der Waals surface area contributed by atoms with Crippen molar-refractivity contribution in [2.75, 3.05) is 13.1 Å². The van der Waals surface area contributed by atoms with E-state index in [-0.39, 0.29) is 11.9 Å². The summed E-state index contributed by atoms with van der Waals surface area (Å²) in [5, 5.41) is 12.5. The molecule has 15 heavy (non-hydrogen) atoms. The zero-order chi connectivity index (χ0) is 11.4. The van der Waals surface area contributed by atoms with Crippen LogP contribution in [-0.2, 0) is 4.79 Å². The second-order valence-electron chi connectivity index (χ2n) is 4.64. The maximum absolute atomic E-state index is 11.8. The third-order valence-corrected chi connectivity index (χ3v) is 2.52. The van der Waals surface area contributed by atoms with E-state index in [9.17, 15) is 9.90 Å².